The number of anilines is 1. The van der Waals surface area contributed by atoms with Gasteiger partial charge in [-0.25, -0.2) is 4.79 Å². The van der Waals surface area contributed by atoms with Crippen LogP contribution < -0.4 is 10.1 Å². The molecule has 1 N–H and O–H groups in total. The van der Waals surface area contributed by atoms with E-state index in [4.69, 9.17) is 9.47 Å². The van der Waals surface area contributed by atoms with Gasteiger partial charge in [-0.15, -0.1) is 11.3 Å². The van der Waals surface area contributed by atoms with Crippen molar-refractivity contribution in [3.05, 3.63) is 76.7 Å². The van der Waals surface area contributed by atoms with Crippen molar-refractivity contribution in [2.24, 2.45) is 0 Å². The van der Waals surface area contributed by atoms with Crippen LogP contribution in [-0.4, -0.2) is 25.6 Å². The topological polar surface area (TPSA) is 64.6 Å². The minimum atomic E-state index is -0.460. The molecule has 0 fully saturated rings. The molecule has 0 bridgehead atoms. The molecule has 1 amide bonds. The highest BCUT2D eigenvalue weighted by Crippen LogP contribution is 2.36. The summed E-state index contributed by atoms with van der Waals surface area (Å²) in [5, 5.41) is 5.12. The third-order valence-electron chi connectivity index (χ3n) is 4.42. The number of amides is 1. The van der Waals surface area contributed by atoms with Crippen molar-refractivity contribution in [2.75, 3.05) is 19.0 Å². The zero-order valence-electron chi connectivity index (χ0n) is 17.1. The second-order valence-corrected chi connectivity index (χ2v) is 7.38. The van der Waals surface area contributed by atoms with Gasteiger partial charge >= 0.3 is 5.97 Å². The summed E-state index contributed by atoms with van der Waals surface area (Å²) in [6.07, 6.45) is 3.09. The molecule has 5 nitrogen and oxygen atoms in total. The molecule has 0 aliphatic carbocycles. The molecule has 0 saturated heterocycles. The van der Waals surface area contributed by atoms with Crippen molar-refractivity contribution in [2.45, 2.75) is 13.8 Å². The first-order valence-electron chi connectivity index (χ1n) is 9.51. The molecule has 0 spiro atoms. The summed E-state index contributed by atoms with van der Waals surface area (Å²) in [5.41, 5.74) is 3.91. The lowest BCUT2D eigenvalue weighted by molar-refractivity contribution is -0.111. The van der Waals surface area contributed by atoms with Crippen molar-refractivity contribution < 1.29 is 19.1 Å². The summed E-state index contributed by atoms with van der Waals surface area (Å²) in [4.78, 5) is 25.2. The average Bonchev–Trinajstić information content (AvgIpc) is 3.16. The Kier molecular flexibility index (Phi) is 7.03. The van der Waals surface area contributed by atoms with Crippen LogP contribution in [0.3, 0.4) is 0 Å². The van der Waals surface area contributed by atoms with Gasteiger partial charge < -0.3 is 14.8 Å². The molecule has 1 heterocycles. The Balaban J connectivity index is 1.88. The molecule has 30 heavy (non-hydrogen) atoms. The van der Waals surface area contributed by atoms with Gasteiger partial charge in [0.25, 0.3) is 0 Å². The first-order valence-corrected chi connectivity index (χ1v) is 10.4. The van der Waals surface area contributed by atoms with E-state index in [9.17, 15) is 9.59 Å². The predicted molar refractivity (Wildman–Crippen MR) is 121 cm³/mol. The Morgan fingerprint density at radius 3 is 2.53 bits per heavy atom. The summed E-state index contributed by atoms with van der Waals surface area (Å²) in [7, 11) is 1.58. The van der Waals surface area contributed by atoms with Crippen LogP contribution in [0.15, 0.2) is 60.0 Å². The van der Waals surface area contributed by atoms with Crippen LogP contribution in [0.25, 0.3) is 17.2 Å². The van der Waals surface area contributed by atoms with Crippen LogP contribution in [0.4, 0.5) is 5.00 Å². The van der Waals surface area contributed by atoms with Crippen molar-refractivity contribution in [1.29, 1.82) is 0 Å². The van der Waals surface area contributed by atoms with Crippen LogP contribution in [0.5, 0.6) is 5.75 Å². The maximum Gasteiger partial charge on any atom is 0.341 e. The number of thiophene rings is 1. The highest BCUT2D eigenvalue weighted by Gasteiger charge is 2.22. The molecular weight excluding hydrogens is 398 g/mol. The van der Waals surface area contributed by atoms with Crippen LogP contribution in [0.2, 0.25) is 0 Å². The maximum absolute atomic E-state index is 12.6. The van der Waals surface area contributed by atoms with Crippen molar-refractivity contribution >= 4 is 34.3 Å². The number of carbonyl (C=O) groups is 2. The van der Waals surface area contributed by atoms with Crippen molar-refractivity contribution in [3.8, 4) is 16.9 Å². The Morgan fingerprint density at radius 2 is 1.83 bits per heavy atom. The number of carbonyl (C=O) groups excluding carboxylic acids is 2. The normalized spacial score (nSPS) is 10.8. The largest absolute Gasteiger partial charge is 0.496 e. The molecule has 3 aromatic rings. The number of rotatable bonds is 7. The van der Waals surface area contributed by atoms with E-state index in [1.807, 2.05) is 60.8 Å². The first kappa shape index (κ1) is 21.3. The monoisotopic (exact) mass is 421 g/mol. The number of hydrogen-bond donors (Lipinski definition) is 1. The summed E-state index contributed by atoms with van der Waals surface area (Å²) in [6, 6.07) is 15.3. The van der Waals surface area contributed by atoms with E-state index >= 15 is 0 Å². The van der Waals surface area contributed by atoms with E-state index in [0.717, 1.165) is 22.3 Å². The number of aryl methyl sites for hydroxylation is 1. The van der Waals surface area contributed by atoms with Gasteiger partial charge in [-0.2, -0.15) is 0 Å². The van der Waals surface area contributed by atoms with Gasteiger partial charge in [-0.1, -0.05) is 48.0 Å². The Hall–Kier alpha value is -3.38. The fraction of sp³-hybridized carbons (Fsp3) is 0.167. The molecule has 6 heteroatoms. The van der Waals surface area contributed by atoms with Gasteiger partial charge in [0.15, 0.2) is 0 Å². The molecule has 2 aromatic carbocycles. The van der Waals surface area contributed by atoms with Gasteiger partial charge in [0.05, 0.1) is 13.7 Å². The fourth-order valence-electron chi connectivity index (χ4n) is 2.92. The average molecular weight is 422 g/mol. The number of nitrogens with one attached hydrogen (secondary N) is 1. The van der Waals surface area contributed by atoms with Crippen LogP contribution >= 0.6 is 11.3 Å². The molecule has 0 unspecified atom stereocenters. The number of para-hydroxylation sites is 1. The molecule has 3 rings (SSSR count). The predicted octanol–water partition coefficient (Wildman–Crippen LogP) is 5.56. The first-order chi connectivity index (χ1) is 14.5. The van der Waals surface area contributed by atoms with Gasteiger partial charge in [0, 0.05) is 22.6 Å². The quantitative estimate of drug-likeness (QED) is 0.401. The zero-order chi connectivity index (χ0) is 21.5. The zero-order valence-corrected chi connectivity index (χ0v) is 17.9. The number of benzene rings is 2. The fourth-order valence-corrected chi connectivity index (χ4v) is 3.88. The lowest BCUT2D eigenvalue weighted by Gasteiger charge is -2.08. The second kappa shape index (κ2) is 9.89. The highest BCUT2D eigenvalue weighted by atomic mass is 32.1. The summed E-state index contributed by atoms with van der Waals surface area (Å²) in [5.74, 6) is -0.131. The molecule has 1 aromatic heterocycles. The molecule has 0 radical (unpaired) electrons. The minimum Gasteiger partial charge on any atom is -0.496 e. The molecular formula is C24H23NO4S. The Labute approximate surface area is 180 Å². The molecule has 154 valence electrons. The van der Waals surface area contributed by atoms with E-state index in [1.54, 1.807) is 20.1 Å². The van der Waals surface area contributed by atoms with Crippen molar-refractivity contribution in [1.82, 2.24) is 0 Å². The van der Waals surface area contributed by atoms with E-state index in [-0.39, 0.29) is 12.5 Å². The third-order valence-corrected chi connectivity index (χ3v) is 5.32. The van der Waals surface area contributed by atoms with Gasteiger partial charge in [-0.05, 0) is 31.6 Å². The van der Waals surface area contributed by atoms with Crippen LogP contribution in [0.1, 0.15) is 28.4 Å². The van der Waals surface area contributed by atoms with E-state index < -0.39 is 5.97 Å². The molecule has 0 saturated carbocycles. The van der Waals surface area contributed by atoms with Gasteiger partial charge in [-0.3, -0.25) is 4.79 Å². The Bertz CT molecular complexity index is 1070. The summed E-state index contributed by atoms with van der Waals surface area (Å²) < 4.78 is 10.5. The lowest BCUT2D eigenvalue weighted by atomic mass is 10.0. The minimum absolute atomic E-state index is 0.253. The number of esters is 1. The van der Waals surface area contributed by atoms with Gasteiger partial charge in [0.2, 0.25) is 5.91 Å². The SMILES string of the molecule is CCOC(=O)c1c(-c2ccc(C)cc2)csc1NC(=O)C=Cc1ccccc1OC. The second-order valence-electron chi connectivity index (χ2n) is 6.50. The number of methoxy groups -OCH3 is 1. The number of ether oxygens (including phenoxy) is 2. The maximum atomic E-state index is 12.6. The van der Waals surface area contributed by atoms with Crippen molar-refractivity contribution in [3.63, 3.8) is 0 Å². The Morgan fingerprint density at radius 1 is 1.10 bits per heavy atom. The van der Waals surface area contributed by atoms with Crippen LogP contribution in [-0.2, 0) is 9.53 Å². The molecule has 0 atom stereocenters. The summed E-state index contributed by atoms with van der Waals surface area (Å²) in [6.45, 7) is 4.01. The lowest BCUT2D eigenvalue weighted by Crippen LogP contribution is -2.12. The summed E-state index contributed by atoms with van der Waals surface area (Å²) >= 11 is 1.30. The highest BCUT2D eigenvalue weighted by molar-refractivity contribution is 7.15. The van der Waals surface area contributed by atoms with Crippen LogP contribution in [0, 0.1) is 6.92 Å². The standard InChI is InChI=1S/C24H23NO4S/c1-4-29-24(27)22-19(17-11-9-16(2)10-12-17)15-30-23(22)25-21(26)14-13-18-7-5-6-8-20(18)28-3/h5-15H,4H2,1-3H3,(H,25,26). The third kappa shape index (κ3) is 4.96. The molecule has 0 aliphatic rings. The smallest absolute Gasteiger partial charge is 0.341 e. The van der Waals surface area contributed by atoms with E-state index in [0.29, 0.717) is 16.3 Å². The van der Waals surface area contributed by atoms with E-state index in [2.05, 4.69) is 5.32 Å². The van der Waals surface area contributed by atoms with Gasteiger partial charge in [0.1, 0.15) is 16.3 Å². The number of hydrogen-bond acceptors (Lipinski definition) is 5. The van der Waals surface area contributed by atoms with E-state index in [1.165, 1.54) is 17.4 Å². The molecule has 0 aliphatic heterocycles.